The summed E-state index contributed by atoms with van der Waals surface area (Å²) in [6.07, 6.45) is 1.73. The van der Waals surface area contributed by atoms with Gasteiger partial charge in [0.15, 0.2) is 5.82 Å². The van der Waals surface area contributed by atoms with Crippen LogP contribution < -0.4 is 10.5 Å². The Bertz CT molecular complexity index is 1290. The van der Waals surface area contributed by atoms with Gasteiger partial charge in [0.05, 0.1) is 10.5 Å². The number of pyridine rings is 1. The monoisotopic (exact) mass is 439 g/mol. The number of aromatic amines is 1. The Morgan fingerprint density at radius 1 is 1.13 bits per heavy atom. The third-order valence-corrected chi connectivity index (χ3v) is 5.75. The van der Waals surface area contributed by atoms with Crippen molar-refractivity contribution in [3.8, 4) is 16.9 Å². The van der Waals surface area contributed by atoms with Gasteiger partial charge < -0.3 is 9.80 Å². The molecule has 4 aromatic rings. The zero-order valence-electron chi connectivity index (χ0n) is 16.7. The van der Waals surface area contributed by atoms with E-state index < -0.39 is 11.4 Å². The Balaban J connectivity index is 1.55. The molecule has 1 aliphatic heterocycles. The third-order valence-electron chi connectivity index (χ3n) is 5.44. The van der Waals surface area contributed by atoms with Crippen LogP contribution in [0.3, 0.4) is 0 Å². The molecular weight excluding hydrogens is 421 g/mol. The number of aromatic nitrogens is 5. The summed E-state index contributed by atoms with van der Waals surface area (Å²) >= 11 is 6.14. The van der Waals surface area contributed by atoms with E-state index in [2.05, 4.69) is 37.1 Å². The Morgan fingerprint density at radius 3 is 2.65 bits per heavy atom. The van der Waals surface area contributed by atoms with Gasteiger partial charge in [-0.1, -0.05) is 17.7 Å². The molecule has 0 radical (unpaired) electrons. The smallest absolute Gasteiger partial charge is 0.273 e. The summed E-state index contributed by atoms with van der Waals surface area (Å²) in [5, 5.41) is 11.6. The van der Waals surface area contributed by atoms with Gasteiger partial charge in [0.25, 0.3) is 5.56 Å². The van der Waals surface area contributed by atoms with E-state index >= 15 is 0 Å². The lowest BCUT2D eigenvalue weighted by Crippen LogP contribution is -2.44. The molecule has 0 unspecified atom stereocenters. The lowest BCUT2D eigenvalue weighted by atomic mass is 10.2. The zero-order chi connectivity index (χ0) is 21.5. The molecule has 0 saturated carbocycles. The predicted molar refractivity (Wildman–Crippen MR) is 117 cm³/mol. The molecule has 0 bridgehead atoms. The third kappa shape index (κ3) is 3.55. The molecule has 4 heterocycles. The van der Waals surface area contributed by atoms with Crippen LogP contribution in [0, 0.1) is 5.82 Å². The molecule has 0 amide bonds. The fourth-order valence-electron chi connectivity index (χ4n) is 3.69. The van der Waals surface area contributed by atoms with Crippen molar-refractivity contribution in [2.45, 2.75) is 0 Å². The molecule has 1 aliphatic rings. The summed E-state index contributed by atoms with van der Waals surface area (Å²) in [6.45, 7) is 3.83. The fourth-order valence-corrected chi connectivity index (χ4v) is 3.93. The number of likely N-dealkylation sites (N-methyl/N-ethyl adjacent to an activating group) is 1. The van der Waals surface area contributed by atoms with Crippen molar-refractivity contribution >= 4 is 28.5 Å². The number of hydrogen-bond donors (Lipinski definition) is 1. The number of halogens is 2. The van der Waals surface area contributed by atoms with E-state index in [0.29, 0.717) is 16.7 Å². The van der Waals surface area contributed by atoms with E-state index in [4.69, 9.17) is 11.6 Å². The van der Waals surface area contributed by atoms with E-state index in [-0.39, 0.29) is 10.7 Å². The maximum absolute atomic E-state index is 14.4. The van der Waals surface area contributed by atoms with Crippen LogP contribution in [0.15, 0.2) is 47.4 Å². The number of nitrogens with one attached hydrogen (secondary N) is 1. The van der Waals surface area contributed by atoms with E-state index in [0.717, 1.165) is 42.2 Å². The summed E-state index contributed by atoms with van der Waals surface area (Å²) in [4.78, 5) is 21.6. The second kappa shape index (κ2) is 7.75. The maximum Gasteiger partial charge on any atom is 0.273 e. The molecule has 1 fully saturated rings. The summed E-state index contributed by atoms with van der Waals surface area (Å²) in [5.41, 5.74) is 1.53. The Morgan fingerprint density at radius 2 is 1.94 bits per heavy atom. The van der Waals surface area contributed by atoms with Gasteiger partial charge in [-0.2, -0.15) is 14.9 Å². The Kier molecular flexibility index (Phi) is 4.91. The Labute approximate surface area is 181 Å². The van der Waals surface area contributed by atoms with Crippen LogP contribution in [0.4, 0.5) is 10.2 Å². The molecule has 31 heavy (non-hydrogen) atoms. The van der Waals surface area contributed by atoms with Gasteiger partial charge in [0.2, 0.25) is 0 Å². The normalized spacial score (nSPS) is 15.0. The largest absolute Gasteiger partial charge is 0.354 e. The lowest BCUT2D eigenvalue weighted by molar-refractivity contribution is 0.312. The lowest BCUT2D eigenvalue weighted by Gasteiger charge is -2.33. The SMILES string of the molecule is CN1CCN(c2ccc(-c3n[nH]c4cc(=O)n(-c5c(F)cccc5Cl)nc34)cn2)CC1. The number of anilines is 1. The van der Waals surface area contributed by atoms with Crippen LogP contribution in [0.2, 0.25) is 5.02 Å². The van der Waals surface area contributed by atoms with Crippen LogP contribution in [0.25, 0.3) is 28.0 Å². The highest BCUT2D eigenvalue weighted by molar-refractivity contribution is 6.32. The molecule has 1 N–H and O–H groups in total. The minimum Gasteiger partial charge on any atom is -0.354 e. The highest BCUT2D eigenvalue weighted by atomic mass is 35.5. The molecule has 158 valence electrons. The van der Waals surface area contributed by atoms with Crippen LogP contribution in [-0.2, 0) is 0 Å². The maximum atomic E-state index is 14.4. The second-order valence-corrected chi connectivity index (χ2v) is 7.90. The van der Waals surface area contributed by atoms with Crippen molar-refractivity contribution in [3.63, 3.8) is 0 Å². The number of fused-ring (bicyclic) bond motifs is 1. The molecule has 1 aromatic carbocycles. The summed E-state index contributed by atoms with van der Waals surface area (Å²) in [5.74, 6) is 0.268. The van der Waals surface area contributed by atoms with Crippen molar-refractivity contribution < 1.29 is 4.39 Å². The molecule has 1 saturated heterocycles. The van der Waals surface area contributed by atoms with E-state index in [1.165, 1.54) is 24.3 Å². The average molecular weight is 440 g/mol. The molecule has 0 aliphatic carbocycles. The minimum absolute atomic E-state index is 0.0910. The quantitative estimate of drug-likeness (QED) is 0.528. The van der Waals surface area contributed by atoms with Crippen LogP contribution in [0.1, 0.15) is 0 Å². The average Bonchev–Trinajstić information content (AvgIpc) is 3.17. The second-order valence-electron chi connectivity index (χ2n) is 7.49. The number of benzene rings is 1. The molecular formula is C21H19ClFN7O. The van der Waals surface area contributed by atoms with Gasteiger partial charge in [-0.15, -0.1) is 0 Å². The number of hydrogen-bond acceptors (Lipinski definition) is 6. The number of piperazine rings is 1. The van der Waals surface area contributed by atoms with Gasteiger partial charge in [-0.25, -0.2) is 9.37 Å². The van der Waals surface area contributed by atoms with Crippen molar-refractivity contribution in [1.29, 1.82) is 0 Å². The van der Waals surface area contributed by atoms with Gasteiger partial charge in [0, 0.05) is 44.0 Å². The first-order chi connectivity index (χ1) is 15.0. The first kappa shape index (κ1) is 19.7. The van der Waals surface area contributed by atoms with Crippen molar-refractivity contribution in [2.24, 2.45) is 0 Å². The van der Waals surface area contributed by atoms with Crippen LogP contribution >= 0.6 is 11.6 Å². The molecule has 0 atom stereocenters. The van der Waals surface area contributed by atoms with Crippen LogP contribution in [-0.4, -0.2) is 63.1 Å². The number of nitrogens with zero attached hydrogens (tertiary/aromatic N) is 6. The number of para-hydroxylation sites is 1. The Hall–Kier alpha value is -3.30. The van der Waals surface area contributed by atoms with Crippen LogP contribution in [0.5, 0.6) is 0 Å². The van der Waals surface area contributed by atoms with Gasteiger partial charge in [0.1, 0.15) is 22.7 Å². The molecule has 5 rings (SSSR count). The highest BCUT2D eigenvalue weighted by Crippen LogP contribution is 2.27. The van der Waals surface area contributed by atoms with Crippen molar-refractivity contribution in [1.82, 2.24) is 29.9 Å². The number of H-pyrrole nitrogens is 1. The summed E-state index contributed by atoms with van der Waals surface area (Å²) in [7, 11) is 2.11. The van der Waals surface area contributed by atoms with E-state index in [1.807, 2.05) is 12.1 Å². The first-order valence-electron chi connectivity index (χ1n) is 9.84. The summed E-state index contributed by atoms with van der Waals surface area (Å²) < 4.78 is 15.3. The topological polar surface area (TPSA) is 82.9 Å². The van der Waals surface area contributed by atoms with E-state index in [1.54, 1.807) is 6.20 Å². The minimum atomic E-state index is -0.635. The van der Waals surface area contributed by atoms with Gasteiger partial charge in [-0.3, -0.25) is 9.89 Å². The fraction of sp³-hybridized carbons (Fsp3) is 0.238. The first-order valence-corrected chi connectivity index (χ1v) is 10.2. The summed E-state index contributed by atoms with van der Waals surface area (Å²) in [6, 6.07) is 9.41. The van der Waals surface area contributed by atoms with Crippen molar-refractivity contribution in [3.05, 3.63) is 63.8 Å². The van der Waals surface area contributed by atoms with Crippen molar-refractivity contribution in [2.75, 3.05) is 38.1 Å². The predicted octanol–water partition coefficient (Wildman–Crippen LogP) is 2.72. The molecule has 8 nitrogen and oxygen atoms in total. The number of rotatable bonds is 3. The van der Waals surface area contributed by atoms with Gasteiger partial charge >= 0.3 is 0 Å². The highest BCUT2D eigenvalue weighted by Gasteiger charge is 2.18. The van der Waals surface area contributed by atoms with E-state index in [9.17, 15) is 9.18 Å². The van der Waals surface area contributed by atoms with Gasteiger partial charge in [-0.05, 0) is 31.3 Å². The molecule has 3 aromatic heterocycles. The zero-order valence-corrected chi connectivity index (χ0v) is 17.5. The standard InChI is InChI=1S/C21H19ClFN7O/c1-28-7-9-29(10-8-28)17-6-5-13(12-24-17)19-20-16(25-26-19)11-18(31)30(27-20)21-14(22)3-2-4-15(21)23/h2-6,11-12,25H,7-10H2,1H3. The molecule has 0 spiro atoms. The molecule has 10 heteroatoms.